The molecule has 0 bridgehead atoms. The number of nitrogens with one attached hydrogen (secondary N) is 1. The number of amides is 1. The summed E-state index contributed by atoms with van der Waals surface area (Å²) in [6.45, 7) is 6.04. The fraction of sp³-hybridized carbons (Fsp3) is 0.458. The predicted octanol–water partition coefficient (Wildman–Crippen LogP) is 4.61. The number of aryl methyl sites for hydroxylation is 2. The molecule has 0 radical (unpaired) electrons. The summed E-state index contributed by atoms with van der Waals surface area (Å²) in [4.78, 5) is 11.9. The van der Waals surface area contributed by atoms with Gasteiger partial charge in [-0.2, -0.15) is 13.5 Å². The van der Waals surface area contributed by atoms with E-state index in [0.29, 0.717) is 5.56 Å². The van der Waals surface area contributed by atoms with Gasteiger partial charge in [-0.05, 0) is 44.9 Å². The fourth-order valence-electron chi connectivity index (χ4n) is 2.86. The van der Waals surface area contributed by atoms with Gasteiger partial charge in [0.05, 0.1) is 4.90 Å². The molecule has 176 valence electrons. The molecule has 2 N–H and O–H groups in total. The van der Waals surface area contributed by atoms with E-state index >= 15 is 0 Å². The first-order valence-electron chi connectivity index (χ1n) is 11.0. The number of carbonyl (C=O) groups is 1. The number of hydrogen-bond acceptors (Lipinski definition) is 4. The highest BCUT2D eigenvalue weighted by atomic mass is 32.2. The maximum absolute atomic E-state index is 11.9. The van der Waals surface area contributed by atoms with Gasteiger partial charge in [-0.15, -0.1) is 0 Å². The van der Waals surface area contributed by atoms with E-state index in [0.717, 1.165) is 24.1 Å². The van der Waals surface area contributed by atoms with E-state index < -0.39 is 10.1 Å². The molecule has 0 unspecified atom stereocenters. The molecule has 2 aromatic rings. The molecule has 0 atom stereocenters. The molecule has 1 heterocycles. The lowest BCUT2D eigenvalue weighted by atomic mass is 10.1. The van der Waals surface area contributed by atoms with Gasteiger partial charge in [-0.1, -0.05) is 56.7 Å². The fourth-order valence-corrected chi connectivity index (χ4v) is 3.34. The SMILES string of the molecule is CCCCCCCC/C(C)=N/NC(=O)c1ccc[n+](C)c1.Cc1ccc(S(=O)(=O)O)cc1. The Morgan fingerprint density at radius 2 is 1.69 bits per heavy atom. The van der Waals surface area contributed by atoms with Crippen LogP contribution in [0, 0.1) is 6.92 Å². The molecule has 0 aliphatic heterocycles. The molecule has 0 saturated heterocycles. The molecule has 1 aromatic carbocycles. The van der Waals surface area contributed by atoms with Crippen molar-refractivity contribution in [2.75, 3.05) is 0 Å². The Hall–Kier alpha value is -2.58. The molecule has 0 aliphatic carbocycles. The van der Waals surface area contributed by atoms with E-state index in [4.69, 9.17) is 4.55 Å². The quantitative estimate of drug-likeness (QED) is 0.177. The lowest BCUT2D eigenvalue weighted by molar-refractivity contribution is -0.671. The monoisotopic (exact) mass is 462 g/mol. The normalized spacial score (nSPS) is 11.5. The molecule has 1 aromatic heterocycles. The van der Waals surface area contributed by atoms with E-state index in [-0.39, 0.29) is 10.8 Å². The Morgan fingerprint density at radius 1 is 1.06 bits per heavy atom. The first kappa shape index (κ1) is 27.5. The zero-order valence-electron chi connectivity index (χ0n) is 19.5. The molecular formula is C24H36N3O4S+. The summed E-state index contributed by atoms with van der Waals surface area (Å²) in [5.74, 6) is -0.159. The Morgan fingerprint density at radius 3 is 2.28 bits per heavy atom. The Balaban J connectivity index is 0.000000389. The Kier molecular flexibility index (Phi) is 12.4. The van der Waals surface area contributed by atoms with Gasteiger partial charge in [0.15, 0.2) is 12.4 Å². The number of carbonyl (C=O) groups excluding carboxylic acids is 1. The standard InChI is InChI=1S/C17H27N3O.C7H8O3S/c1-4-5-6-7-8-9-11-15(2)18-19-17(21)16-12-10-13-20(3)14-16;1-6-2-4-7(5-3-6)11(8,9)10/h10,12-14H,4-9,11H2,1-3H3;2-5H,1H3,(H,8,9,10)/p+1/b18-15+;. The van der Waals surface area contributed by atoms with Crippen LogP contribution in [0.1, 0.15) is 74.7 Å². The van der Waals surface area contributed by atoms with Crippen LogP contribution >= 0.6 is 0 Å². The highest BCUT2D eigenvalue weighted by Crippen LogP contribution is 2.09. The number of aromatic nitrogens is 1. The average Bonchev–Trinajstić information content (AvgIpc) is 2.74. The molecule has 0 spiro atoms. The topological polar surface area (TPSA) is 99.7 Å². The van der Waals surface area contributed by atoms with E-state index in [1.54, 1.807) is 24.4 Å². The van der Waals surface area contributed by atoms with Crippen molar-refractivity contribution in [3.63, 3.8) is 0 Å². The van der Waals surface area contributed by atoms with Crippen LogP contribution in [0.15, 0.2) is 58.8 Å². The van der Waals surface area contributed by atoms with Crippen molar-refractivity contribution in [3.8, 4) is 0 Å². The van der Waals surface area contributed by atoms with E-state index in [1.807, 2.05) is 37.7 Å². The summed E-state index contributed by atoms with van der Waals surface area (Å²) in [5.41, 5.74) is 5.19. The maximum Gasteiger partial charge on any atom is 0.294 e. The maximum atomic E-state index is 11.9. The molecule has 32 heavy (non-hydrogen) atoms. The van der Waals surface area contributed by atoms with Gasteiger partial charge in [0.2, 0.25) is 0 Å². The molecule has 0 aliphatic rings. The van der Waals surface area contributed by atoms with Gasteiger partial charge in [0.25, 0.3) is 16.0 Å². The van der Waals surface area contributed by atoms with Gasteiger partial charge in [-0.3, -0.25) is 9.35 Å². The zero-order chi connectivity index (χ0) is 24.0. The summed E-state index contributed by atoms with van der Waals surface area (Å²) in [6.07, 6.45) is 12.3. The minimum absolute atomic E-state index is 0.0666. The summed E-state index contributed by atoms with van der Waals surface area (Å²) in [6, 6.07) is 9.62. The lowest BCUT2D eigenvalue weighted by Gasteiger charge is -2.03. The van der Waals surface area contributed by atoms with Crippen LogP contribution in [0.3, 0.4) is 0 Å². The zero-order valence-corrected chi connectivity index (χ0v) is 20.4. The molecule has 8 heteroatoms. The lowest BCUT2D eigenvalue weighted by Crippen LogP contribution is -2.30. The molecule has 2 rings (SSSR count). The van der Waals surface area contributed by atoms with Gasteiger partial charge in [0, 0.05) is 11.8 Å². The van der Waals surface area contributed by atoms with Gasteiger partial charge >= 0.3 is 0 Å². The molecule has 0 saturated carbocycles. The highest BCUT2D eigenvalue weighted by molar-refractivity contribution is 7.85. The third kappa shape index (κ3) is 11.7. The third-order valence-corrected chi connectivity index (χ3v) is 5.63. The summed E-state index contributed by atoms with van der Waals surface area (Å²) >= 11 is 0. The number of pyridine rings is 1. The van der Waals surface area contributed by atoms with Crippen LogP contribution < -0.4 is 9.99 Å². The number of unbranched alkanes of at least 4 members (excludes halogenated alkanes) is 5. The van der Waals surface area contributed by atoms with Crippen LogP contribution in [-0.4, -0.2) is 24.6 Å². The van der Waals surface area contributed by atoms with Crippen molar-refractivity contribution >= 4 is 21.7 Å². The molecule has 7 nitrogen and oxygen atoms in total. The molecule has 0 fully saturated rings. The summed E-state index contributed by atoms with van der Waals surface area (Å²) in [7, 11) is -2.13. The Labute approximate surface area is 192 Å². The van der Waals surface area contributed by atoms with Gasteiger partial charge in [0.1, 0.15) is 12.6 Å². The molecule has 1 amide bonds. The van der Waals surface area contributed by atoms with Crippen LogP contribution in [0.5, 0.6) is 0 Å². The van der Waals surface area contributed by atoms with Crippen LogP contribution in [-0.2, 0) is 17.2 Å². The van der Waals surface area contributed by atoms with E-state index in [2.05, 4.69) is 17.5 Å². The second-order valence-corrected chi connectivity index (χ2v) is 9.27. The molecular weight excluding hydrogens is 426 g/mol. The number of hydrogen-bond donors (Lipinski definition) is 2. The third-order valence-electron chi connectivity index (χ3n) is 4.76. The second kappa shape index (κ2) is 14.5. The highest BCUT2D eigenvalue weighted by Gasteiger charge is 2.08. The van der Waals surface area contributed by atoms with Crippen molar-refractivity contribution in [2.24, 2.45) is 12.1 Å². The summed E-state index contributed by atoms with van der Waals surface area (Å²) < 4.78 is 31.4. The number of nitrogens with zero attached hydrogens (tertiary/aromatic N) is 2. The smallest absolute Gasteiger partial charge is 0.282 e. The van der Waals surface area contributed by atoms with Gasteiger partial charge in [-0.25, -0.2) is 9.99 Å². The van der Waals surface area contributed by atoms with Crippen molar-refractivity contribution in [1.29, 1.82) is 0 Å². The average molecular weight is 463 g/mol. The van der Waals surface area contributed by atoms with Crippen molar-refractivity contribution in [3.05, 3.63) is 59.9 Å². The van der Waals surface area contributed by atoms with Crippen LogP contribution in [0.25, 0.3) is 0 Å². The first-order chi connectivity index (χ1) is 15.1. The minimum Gasteiger partial charge on any atom is -0.282 e. The Bertz CT molecular complexity index is 971. The number of hydrazone groups is 1. The van der Waals surface area contributed by atoms with Crippen LogP contribution in [0.2, 0.25) is 0 Å². The second-order valence-electron chi connectivity index (χ2n) is 7.85. The van der Waals surface area contributed by atoms with Crippen molar-refractivity contribution in [1.82, 2.24) is 5.43 Å². The summed E-state index contributed by atoms with van der Waals surface area (Å²) in [5, 5.41) is 4.17. The predicted molar refractivity (Wildman–Crippen MR) is 127 cm³/mol. The van der Waals surface area contributed by atoms with Crippen molar-refractivity contribution < 1.29 is 22.3 Å². The largest absolute Gasteiger partial charge is 0.294 e. The number of benzene rings is 1. The number of rotatable bonds is 10. The van der Waals surface area contributed by atoms with E-state index in [1.165, 1.54) is 44.2 Å². The van der Waals surface area contributed by atoms with Gasteiger partial charge < -0.3 is 0 Å². The van der Waals surface area contributed by atoms with E-state index in [9.17, 15) is 13.2 Å². The van der Waals surface area contributed by atoms with Crippen molar-refractivity contribution in [2.45, 2.75) is 70.6 Å². The van der Waals surface area contributed by atoms with Crippen LogP contribution in [0.4, 0.5) is 0 Å². The minimum atomic E-state index is -4.02. The first-order valence-corrected chi connectivity index (χ1v) is 12.4.